The maximum absolute atomic E-state index is 13.1. The number of nitrogens with one attached hydrogen (secondary N) is 1. The van der Waals surface area contributed by atoms with Crippen LogP contribution in [-0.2, 0) is 11.2 Å². The van der Waals surface area contributed by atoms with Crippen LogP contribution in [0.5, 0.6) is 0 Å². The molecule has 2 heterocycles. The van der Waals surface area contributed by atoms with E-state index in [4.69, 9.17) is 9.84 Å². The number of benzene rings is 1. The molecule has 144 valence electrons. The van der Waals surface area contributed by atoms with Gasteiger partial charge in [-0.25, -0.2) is 0 Å². The smallest absolute Gasteiger partial charge is 0.253 e. The van der Waals surface area contributed by atoms with E-state index in [9.17, 15) is 4.79 Å². The highest BCUT2D eigenvalue weighted by Crippen LogP contribution is 2.30. The third kappa shape index (κ3) is 3.72. The van der Waals surface area contributed by atoms with Crippen LogP contribution in [0.15, 0.2) is 30.5 Å². The normalized spacial score (nSPS) is 19.8. The number of fused-ring (bicyclic) bond motifs is 1. The minimum Gasteiger partial charge on any atom is -0.378 e. The van der Waals surface area contributed by atoms with E-state index in [1.165, 1.54) is 5.56 Å². The van der Waals surface area contributed by atoms with Gasteiger partial charge in [-0.3, -0.25) is 9.48 Å². The summed E-state index contributed by atoms with van der Waals surface area (Å²) in [4.78, 5) is 15.4. The Kier molecular flexibility index (Phi) is 5.16. The van der Waals surface area contributed by atoms with Crippen molar-refractivity contribution >= 4 is 11.6 Å². The van der Waals surface area contributed by atoms with Gasteiger partial charge in [-0.1, -0.05) is 12.1 Å². The van der Waals surface area contributed by atoms with Crippen molar-refractivity contribution < 1.29 is 9.53 Å². The lowest BCUT2D eigenvalue weighted by molar-refractivity contribution is 0.0930. The van der Waals surface area contributed by atoms with Crippen LogP contribution in [0.25, 0.3) is 0 Å². The van der Waals surface area contributed by atoms with Crippen molar-refractivity contribution in [1.29, 1.82) is 0 Å². The van der Waals surface area contributed by atoms with Gasteiger partial charge in [-0.2, -0.15) is 5.10 Å². The summed E-state index contributed by atoms with van der Waals surface area (Å²) in [7, 11) is 0. The molecule has 1 aromatic carbocycles. The Balaban J connectivity index is 1.56. The molecule has 0 spiro atoms. The highest BCUT2D eigenvalue weighted by Gasteiger charge is 2.27. The van der Waals surface area contributed by atoms with Crippen molar-refractivity contribution in [2.45, 2.75) is 45.2 Å². The number of anilines is 1. The zero-order valence-electron chi connectivity index (χ0n) is 16.1. The first-order valence-corrected chi connectivity index (χ1v) is 9.94. The molecular weight excluding hydrogens is 340 g/mol. The van der Waals surface area contributed by atoms with E-state index in [2.05, 4.69) is 30.3 Å². The van der Waals surface area contributed by atoms with Crippen LogP contribution in [-0.4, -0.2) is 42.0 Å². The molecule has 2 aromatic rings. The minimum atomic E-state index is -0.0194. The fourth-order valence-corrected chi connectivity index (χ4v) is 3.95. The lowest BCUT2D eigenvalue weighted by Crippen LogP contribution is -2.38. The van der Waals surface area contributed by atoms with Crippen LogP contribution in [0, 0.1) is 0 Å². The van der Waals surface area contributed by atoms with Gasteiger partial charge in [-0.15, -0.1) is 0 Å². The number of aryl methyl sites for hydroxylation is 1. The van der Waals surface area contributed by atoms with E-state index < -0.39 is 0 Å². The SMILES string of the molecule is CC(C)n1cc2c(n1)[C@@H](NC(=O)c1ccccc1N1CCOCC1)CCC2. The predicted octanol–water partition coefficient (Wildman–Crippen LogP) is 3.11. The molecule has 6 nitrogen and oxygen atoms in total. The molecule has 4 rings (SSSR count). The van der Waals surface area contributed by atoms with Crippen LogP contribution >= 0.6 is 0 Å². The van der Waals surface area contributed by atoms with Crippen LogP contribution in [0.2, 0.25) is 0 Å². The number of aromatic nitrogens is 2. The van der Waals surface area contributed by atoms with Gasteiger partial charge >= 0.3 is 0 Å². The fourth-order valence-electron chi connectivity index (χ4n) is 3.95. The average molecular weight is 368 g/mol. The number of carbonyl (C=O) groups is 1. The molecule has 1 N–H and O–H groups in total. The van der Waals surface area contributed by atoms with Gasteiger partial charge in [-0.05, 0) is 50.8 Å². The number of hydrogen-bond donors (Lipinski definition) is 1. The summed E-state index contributed by atoms with van der Waals surface area (Å²) in [6, 6.07) is 8.17. The number of amides is 1. The molecule has 2 aliphatic rings. The molecular formula is C21H28N4O2. The Hall–Kier alpha value is -2.34. The van der Waals surface area contributed by atoms with E-state index in [1.54, 1.807) is 0 Å². The molecule has 1 saturated heterocycles. The first-order valence-electron chi connectivity index (χ1n) is 9.94. The lowest BCUT2D eigenvalue weighted by atomic mass is 9.93. The number of carbonyl (C=O) groups excluding carboxylic acids is 1. The molecule has 1 aliphatic carbocycles. The summed E-state index contributed by atoms with van der Waals surface area (Å²) >= 11 is 0. The number of para-hydroxylation sites is 1. The third-order valence-corrected chi connectivity index (χ3v) is 5.44. The number of nitrogens with zero attached hydrogens (tertiary/aromatic N) is 3. The second-order valence-corrected chi connectivity index (χ2v) is 7.65. The maximum atomic E-state index is 13.1. The van der Waals surface area contributed by atoms with E-state index in [0.29, 0.717) is 19.3 Å². The average Bonchev–Trinajstić information content (AvgIpc) is 3.14. The first-order chi connectivity index (χ1) is 13.1. The summed E-state index contributed by atoms with van der Waals surface area (Å²) in [5, 5.41) is 8.02. The topological polar surface area (TPSA) is 59.4 Å². The van der Waals surface area contributed by atoms with E-state index in [-0.39, 0.29) is 11.9 Å². The van der Waals surface area contributed by atoms with Gasteiger partial charge < -0.3 is 15.0 Å². The maximum Gasteiger partial charge on any atom is 0.253 e. The van der Waals surface area contributed by atoms with Gasteiger partial charge in [0, 0.05) is 31.0 Å². The second kappa shape index (κ2) is 7.72. The predicted molar refractivity (Wildman–Crippen MR) is 105 cm³/mol. The molecule has 1 aromatic heterocycles. The monoisotopic (exact) mass is 368 g/mol. The highest BCUT2D eigenvalue weighted by atomic mass is 16.5. The largest absolute Gasteiger partial charge is 0.378 e. The van der Waals surface area contributed by atoms with Crippen molar-refractivity contribution in [2.24, 2.45) is 0 Å². The molecule has 6 heteroatoms. The molecule has 0 saturated carbocycles. The van der Waals surface area contributed by atoms with Gasteiger partial charge in [0.15, 0.2) is 0 Å². The van der Waals surface area contributed by atoms with E-state index in [0.717, 1.165) is 49.3 Å². The van der Waals surface area contributed by atoms with Crippen LogP contribution in [0.4, 0.5) is 5.69 Å². The van der Waals surface area contributed by atoms with E-state index >= 15 is 0 Å². The summed E-state index contributed by atoms with van der Waals surface area (Å²) in [6.07, 6.45) is 5.19. The summed E-state index contributed by atoms with van der Waals surface area (Å²) < 4.78 is 7.46. The molecule has 1 fully saturated rings. The fraction of sp³-hybridized carbons (Fsp3) is 0.524. The van der Waals surface area contributed by atoms with Crippen molar-refractivity contribution in [1.82, 2.24) is 15.1 Å². The highest BCUT2D eigenvalue weighted by molar-refractivity contribution is 6.00. The zero-order chi connectivity index (χ0) is 18.8. The molecule has 1 atom stereocenters. The Morgan fingerprint density at radius 1 is 1.26 bits per heavy atom. The van der Waals surface area contributed by atoms with Crippen molar-refractivity contribution in [3.05, 3.63) is 47.3 Å². The number of ether oxygens (including phenoxy) is 1. The summed E-state index contributed by atoms with van der Waals surface area (Å²) in [5.41, 5.74) is 4.02. The lowest BCUT2D eigenvalue weighted by Gasteiger charge is -2.30. The molecule has 27 heavy (non-hydrogen) atoms. The molecule has 0 radical (unpaired) electrons. The van der Waals surface area contributed by atoms with Gasteiger partial charge in [0.05, 0.1) is 30.5 Å². The molecule has 1 aliphatic heterocycles. The summed E-state index contributed by atoms with van der Waals surface area (Å²) in [5.74, 6) is -0.0194. The minimum absolute atomic E-state index is 0.0148. The van der Waals surface area contributed by atoms with Crippen LogP contribution in [0.3, 0.4) is 0 Å². The number of hydrogen-bond acceptors (Lipinski definition) is 4. The summed E-state index contributed by atoms with van der Waals surface area (Å²) in [6.45, 7) is 7.30. The Bertz CT molecular complexity index is 808. The number of morpholine rings is 1. The Labute approximate surface area is 160 Å². The van der Waals surface area contributed by atoms with Gasteiger partial charge in [0.2, 0.25) is 0 Å². The third-order valence-electron chi connectivity index (χ3n) is 5.44. The Morgan fingerprint density at radius 3 is 2.81 bits per heavy atom. The van der Waals surface area contributed by atoms with Gasteiger partial charge in [0.25, 0.3) is 5.91 Å². The molecule has 1 amide bonds. The van der Waals surface area contributed by atoms with Crippen LogP contribution in [0.1, 0.15) is 60.4 Å². The Morgan fingerprint density at radius 2 is 2.04 bits per heavy atom. The van der Waals surface area contributed by atoms with Crippen molar-refractivity contribution in [3.8, 4) is 0 Å². The molecule has 0 unspecified atom stereocenters. The van der Waals surface area contributed by atoms with Crippen molar-refractivity contribution in [2.75, 3.05) is 31.2 Å². The second-order valence-electron chi connectivity index (χ2n) is 7.65. The first kappa shape index (κ1) is 18.0. The van der Waals surface area contributed by atoms with Crippen molar-refractivity contribution in [3.63, 3.8) is 0 Å². The van der Waals surface area contributed by atoms with E-state index in [1.807, 2.05) is 28.9 Å². The zero-order valence-corrected chi connectivity index (χ0v) is 16.1. The standard InChI is InChI=1S/C21H28N4O2/c1-15(2)25-14-16-6-5-8-18(20(16)23-25)22-21(26)17-7-3-4-9-19(17)24-10-12-27-13-11-24/h3-4,7,9,14-15,18H,5-6,8,10-13H2,1-2H3,(H,22,26)/t18-/m0/s1. The quantitative estimate of drug-likeness (QED) is 0.901. The van der Waals surface area contributed by atoms with Crippen LogP contribution < -0.4 is 10.2 Å². The van der Waals surface area contributed by atoms with Gasteiger partial charge in [0.1, 0.15) is 0 Å². The molecule has 0 bridgehead atoms. The number of rotatable bonds is 4.